The van der Waals surface area contributed by atoms with Gasteiger partial charge in [-0.1, -0.05) is 0 Å². The van der Waals surface area contributed by atoms with Gasteiger partial charge in [0.2, 0.25) is 0 Å². The molecule has 2 nitrogen and oxygen atoms in total. The van der Waals surface area contributed by atoms with Crippen molar-refractivity contribution in [2.24, 2.45) is 0 Å². The van der Waals surface area contributed by atoms with Crippen LogP contribution in [-0.4, -0.2) is 22.5 Å². The minimum absolute atomic E-state index is 0.970. The van der Waals surface area contributed by atoms with E-state index in [1.807, 2.05) is 12.5 Å². The zero-order chi connectivity index (χ0) is 7.40. The van der Waals surface area contributed by atoms with Gasteiger partial charge in [0.05, 0.1) is 12.4 Å². The molecule has 1 rings (SSSR count). The van der Waals surface area contributed by atoms with E-state index >= 15 is 0 Å². The van der Waals surface area contributed by atoms with E-state index in [4.69, 9.17) is 0 Å². The largest absolute Gasteiger partial charge is 0.246 e. The SMILES string of the molecule is CSc1cnc(SC)cn1. The minimum Gasteiger partial charge on any atom is -0.246 e. The molecule has 0 unspecified atom stereocenters. The maximum atomic E-state index is 4.15. The Kier molecular flexibility index (Phi) is 3.02. The Labute approximate surface area is 68.8 Å². The summed E-state index contributed by atoms with van der Waals surface area (Å²) in [4.78, 5) is 8.30. The van der Waals surface area contributed by atoms with Crippen molar-refractivity contribution < 1.29 is 0 Å². The van der Waals surface area contributed by atoms with Crippen molar-refractivity contribution >= 4 is 23.5 Å². The highest BCUT2D eigenvalue weighted by molar-refractivity contribution is 7.98. The summed E-state index contributed by atoms with van der Waals surface area (Å²) in [5.41, 5.74) is 0. The molecule has 0 aliphatic rings. The normalized spacial score (nSPS) is 9.80. The first-order valence-electron chi connectivity index (χ1n) is 2.77. The van der Waals surface area contributed by atoms with Crippen LogP contribution in [0.5, 0.6) is 0 Å². The molecule has 0 radical (unpaired) electrons. The van der Waals surface area contributed by atoms with Gasteiger partial charge >= 0.3 is 0 Å². The average molecular weight is 172 g/mol. The maximum absolute atomic E-state index is 4.15. The van der Waals surface area contributed by atoms with E-state index in [0.717, 1.165) is 10.1 Å². The van der Waals surface area contributed by atoms with Gasteiger partial charge in [0, 0.05) is 0 Å². The van der Waals surface area contributed by atoms with Crippen LogP contribution in [0.4, 0.5) is 0 Å². The minimum atomic E-state index is 0.970. The van der Waals surface area contributed by atoms with Crippen LogP contribution in [0.1, 0.15) is 0 Å². The average Bonchev–Trinajstić information content (AvgIpc) is 2.05. The Morgan fingerprint density at radius 3 is 1.60 bits per heavy atom. The van der Waals surface area contributed by atoms with Gasteiger partial charge < -0.3 is 0 Å². The molecule has 0 atom stereocenters. The van der Waals surface area contributed by atoms with Crippen molar-refractivity contribution in [3.63, 3.8) is 0 Å². The Balaban J connectivity index is 2.80. The maximum Gasteiger partial charge on any atom is 0.114 e. The molecule has 1 heterocycles. The molecule has 0 bridgehead atoms. The lowest BCUT2D eigenvalue weighted by atomic mass is 10.8. The quantitative estimate of drug-likeness (QED) is 0.636. The molecule has 0 saturated carbocycles. The molecule has 0 aliphatic heterocycles. The van der Waals surface area contributed by atoms with Crippen LogP contribution < -0.4 is 0 Å². The summed E-state index contributed by atoms with van der Waals surface area (Å²) in [5.74, 6) is 0. The van der Waals surface area contributed by atoms with E-state index in [1.165, 1.54) is 0 Å². The lowest BCUT2D eigenvalue weighted by Crippen LogP contribution is -1.82. The molecule has 4 heteroatoms. The fourth-order valence-electron chi connectivity index (χ4n) is 0.515. The van der Waals surface area contributed by atoms with Crippen LogP contribution in [-0.2, 0) is 0 Å². The van der Waals surface area contributed by atoms with Crippen LogP contribution in [0.15, 0.2) is 22.4 Å². The summed E-state index contributed by atoms with van der Waals surface area (Å²) in [6, 6.07) is 0. The Hall–Kier alpha value is -0.220. The molecule has 54 valence electrons. The monoisotopic (exact) mass is 172 g/mol. The summed E-state index contributed by atoms with van der Waals surface area (Å²) in [6.07, 6.45) is 7.55. The van der Waals surface area contributed by atoms with Gasteiger partial charge in [-0.15, -0.1) is 23.5 Å². The third-order valence-corrected chi connectivity index (χ3v) is 2.28. The number of thioether (sulfide) groups is 2. The van der Waals surface area contributed by atoms with Crippen LogP contribution >= 0.6 is 23.5 Å². The van der Waals surface area contributed by atoms with E-state index in [-0.39, 0.29) is 0 Å². The first-order chi connectivity index (χ1) is 4.86. The highest BCUT2D eigenvalue weighted by atomic mass is 32.2. The van der Waals surface area contributed by atoms with Gasteiger partial charge in [0.1, 0.15) is 10.1 Å². The van der Waals surface area contributed by atoms with E-state index in [0.29, 0.717) is 0 Å². The molecule has 0 aromatic carbocycles. The molecule has 0 N–H and O–H groups in total. The summed E-state index contributed by atoms with van der Waals surface area (Å²) in [5, 5.41) is 1.94. The topological polar surface area (TPSA) is 25.8 Å². The lowest BCUT2D eigenvalue weighted by Gasteiger charge is -1.94. The van der Waals surface area contributed by atoms with E-state index in [2.05, 4.69) is 9.97 Å². The van der Waals surface area contributed by atoms with Gasteiger partial charge in [-0.25, -0.2) is 9.97 Å². The Bertz CT molecular complexity index is 174. The Morgan fingerprint density at radius 1 is 1.00 bits per heavy atom. The van der Waals surface area contributed by atoms with Gasteiger partial charge in [-0.05, 0) is 12.5 Å². The molecule has 0 fully saturated rings. The van der Waals surface area contributed by atoms with Crippen molar-refractivity contribution in [2.75, 3.05) is 12.5 Å². The van der Waals surface area contributed by atoms with E-state index in [9.17, 15) is 0 Å². The van der Waals surface area contributed by atoms with Crippen LogP contribution in [0.3, 0.4) is 0 Å². The molecule has 10 heavy (non-hydrogen) atoms. The zero-order valence-electron chi connectivity index (χ0n) is 5.87. The number of nitrogens with zero attached hydrogens (tertiary/aromatic N) is 2. The first kappa shape index (κ1) is 7.88. The molecular weight excluding hydrogens is 164 g/mol. The number of aromatic nitrogens is 2. The molecule has 0 saturated heterocycles. The van der Waals surface area contributed by atoms with E-state index in [1.54, 1.807) is 35.9 Å². The third-order valence-electron chi connectivity index (χ3n) is 1.02. The predicted molar refractivity (Wildman–Crippen MR) is 45.6 cm³/mol. The summed E-state index contributed by atoms with van der Waals surface area (Å²) in [6.45, 7) is 0. The molecule has 0 amide bonds. The van der Waals surface area contributed by atoms with Crippen LogP contribution in [0, 0.1) is 0 Å². The van der Waals surface area contributed by atoms with Crippen LogP contribution in [0.25, 0.3) is 0 Å². The summed E-state index contributed by atoms with van der Waals surface area (Å²) in [7, 11) is 0. The number of rotatable bonds is 2. The van der Waals surface area contributed by atoms with Crippen LogP contribution in [0.2, 0.25) is 0 Å². The molecule has 0 aliphatic carbocycles. The second kappa shape index (κ2) is 3.83. The second-order valence-electron chi connectivity index (χ2n) is 1.60. The van der Waals surface area contributed by atoms with Gasteiger partial charge in [-0.2, -0.15) is 0 Å². The van der Waals surface area contributed by atoms with E-state index < -0.39 is 0 Å². The van der Waals surface area contributed by atoms with Crippen molar-refractivity contribution in [2.45, 2.75) is 10.1 Å². The number of hydrogen-bond acceptors (Lipinski definition) is 4. The molecule has 0 spiro atoms. The van der Waals surface area contributed by atoms with Crippen molar-refractivity contribution in [1.82, 2.24) is 9.97 Å². The van der Waals surface area contributed by atoms with Crippen molar-refractivity contribution in [3.05, 3.63) is 12.4 Å². The van der Waals surface area contributed by atoms with Gasteiger partial charge in [0.25, 0.3) is 0 Å². The van der Waals surface area contributed by atoms with Crippen molar-refractivity contribution in [1.29, 1.82) is 0 Å². The molecular formula is C6H8N2S2. The van der Waals surface area contributed by atoms with Crippen molar-refractivity contribution in [3.8, 4) is 0 Å². The first-order valence-corrected chi connectivity index (χ1v) is 5.22. The number of hydrogen-bond donors (Lipinski definition) is 0. The summed E-state index contributed by atoms with van der Waals surface area (Å²) >= 11 is 3.21. The third kappa shape index (κ3) is 1.88. The van der Waals surface area contributed by atoms with Gasteiger partial charge in [-0.3, -0.25) is 0 Å². The fourth-order valence-corrected chi connectivity index (χ4v) is 1.15. The zero-order valence-corrected chi connectivity index (χ0v) is 7.50. The fraction of sp³-hybridized carbons (Fsp3) is 0.333. The Morgan fingerprint density at radius 2 is 1.40 bits per heavy atom. The summed E-state index contributed by atoms with van der Waals surface area (Å²) < 4.78 is 0. The predicted octanol–water partition coefficient (Wildman–Crippen LogP) is 1.92. The molecule has 1 aromatic rings. The lowest BCUT2D eigenvalue weighted by molar-refractivity contribution is 0.969. The standard InChI is InChI=1S/C6H8N2S2/c1-9-5-3-8-6(10-2)4-7-5/h3-4H,1-2H3. The smallest absolute Gasteiger partial charge is 0.114 e. The second-order valence-corrected chi connectivity index (χ2v) is 3.25. The van der Waals surface area contributed by atoms with Gasteiger partial charge in [0.15, 0.2) is 0 Å². The highest BCUT2D eigenvalue weighted by Gasteiger charge is 1.92. The molecule has 1 aromatic heterocycles. The highest BCUT2D eigenvalue weighted by Crippen LogP contribution is 2.13.